The third-order valence-corrected chi connectivity index (χ3v) is 8.98. The molecule has 0 aliphatic carbocycles. The summed E-state index contributed by atoms with van der Waals surface area (Å²) in [6.45, 7) is 3.53. The number of thioether (sulfide) groups is 2. The first-order valence-corrected chi connectivity index (χ1v) is 14.3. The molecule has 0 aliphatic rings. The molecule has 182 valence electrons. The van der Waals surface area contributed by atoms with Crippen LogP contribution in [0.15, 0.2) is 76.4 Å². The molecule has 2 atom stereocenters. The number of amides is 2. The normalized spacial score (nSPS) is 13.1. The van der Waals surface area contributed by atoms with E-state index >= 15 is 0 Å². The van der Waals surface area contributed by atoms with Crippen molar-refractivity contribution in [3.05, 3.63) is 68.6 Å². The number of hydrogen-bond acceptors (Lipinski definition) is 9. The van der Waals surface area contributed by atoms with Crippen LogP contribution in [0.25, 0.3) is 0 Å². The molecule has 0 bridgehead atoms. The van der Waals surface area contributed by atoms with Crippen molar-refractivity contribution in [2.45, 2.75) is 33.0 Å². The van der Waals surface area contributed by atoms with Gasteiger partial charge in [-0.3, -0.25) is 9.59 Å². The number of hydrogen-bond donors (Lipinski definition) is 2. The zero-order valence-corrected chi connectivity index (χ0v) is 24.1. The molecular weight excluding hydrogens is 636 g/mol. The summed E-state index contributed by atoms with van der Waals surface area (Å²) in [5.41, 5.74) is 6.79. The highest BCUT2D eigenvalue weighted by Crippen LogP contribution is 2.33. The first kappa shape index (κ1) is 27.5. The van der Waals surface area contributed by atoms with E-state index in [1.807, 2.05) is 48.5 Å². The van der Waals surface area contributed by atoms with Crippen molar-refractivity contribution in [2.24, 2.45) is 10.2 Å². The zero-order valence-electron chi connectivity index (χ0n) is 18.5. The Morgan fingerprint density at radius 2 is 1.23 bits per heavy atom. The summed E-state index contributed by atoms with van der Waals surface area (Å²) in [6, 6.07) is 15.1. The van der Waals surface area contributed by atoms with Crippen LogP contribution < -0.4 is 10.9 Å². The number of carbonyl (C=O) groups is 2. The third kappa shape index (κ3) is 8.83. The fourth-order valence-electron chi connectivity index (χ4n) is 2.37. The smallest absolute Gasteiger partial charge is 0.253 e. The van der Waals surface area contributed by atoms with E-state index in [9.17, 15) is 9.59 Å². The second-order valence-corrected chi connectivity index (χ2v) is 12.7. The third-order valence-electron chi connectivity index (χ3n) is 4.25. The molecule has 0 radical (unpaired) electrons. The Kier molecular flexibility index (Phi) is 10.9. The Labute approximate surface area is 232 Å². The van der Waals surface area contributed by atoms with Crippen LogP contribution in [0.5, 0.6) is 0 Å². The van der Waals surface area contributed by atoms with Gasteiger partial charge >= 0.3 is 0 Å². The summed E-state index contributed by atoms with van der Waals surface area (Å²) >= 11 is 10.7. The van der Waals surface area contributed by atoms with Gasteiger partial charge in [0, 0.05) is 20.1 Å². The van der Waals surface area contributed by atoms with E-state index in [0.29, 0.717) is 8.68 Å². The molecule has 0 spiro atoms. The number of halogens is 2. The number of carbonyl (C=O) groups excluding carboxylic acids is 2. The highest BCUT2D eigenvalue weighted by molar-refractivity contribution is 9.10. The van der Waals surface area contributed by atoms with Crippen molar-refractivity contribution in [3.63, 3.8) is 0 Å². The lowest BCUT2D eigenvalue weighted by molar-refractivity contribution is -0.121. The topological polar surface area (TPSA) is 109 Å². The van der Waals surface area contributed by atoms with Crippen molar-refractivity contribution in [3.8, 4) is 0 Å². The van der Waals surface area contributed by atoms with Crippen LogP contribution in [-0.2, 0) is 9.59 Å². The lowest BCUT2D eigenvalue weighted by Crippen LogP contribution is -2.26. The van der Waals surface area contributed by atoms with E-state index in [0.717, 1.165) is 20.1 Å². The second-order valence-electron chi connectivity index (χ2n) is 6.87. The number of benzene rings is 2. The minimum Gasteiger partial charge on any atom is -0.272 e. The standard InChI is InChI=1S/C22H20Br2N6O2S3/c1-13(19(31)27-25-11-15-7-3-5-9-17(15)23)33-21-29-30-22(35-21)34-14(2)20(32)28-26-12-16-8-4-6-10-18(16)24/h3-14H,1-2H3,(H,27,31)(H,28,32). The van der Waals surface area contributed by atoms with Crippen LogP contribution in [0.4, 0.5) is 0 Å². The molecule has 2 amide bonds. The van der Waals surface area contributed by atoms with Crippen LogP contribution in [0.3, 0.4) is 0 Å². The maximum Gasteiger partial charge on any atom is 0.253 e. The van der Waals surface area contributed by atoms with Crippen molar-refractivity contribution in [2.75, 3.05) is 0 Å². The molecular formula is C22H20Br2N6O2S3. The van der Waals surface area contributed by atoms with Crippen LogP contribution in [-0.4, -0.2) is 44.9 Å². The molecule has 8 nitrogen and oxygen atoms in total. The van der Waals surface area contributed by atoms with Gasteiger partial charge in [-0.2, -0.15) is 10.2 Å². The summed E-state index contributed by atoms with van der Waals surface area (Å²) in [4.78, 5) is 24.7. The second kappa shape index (κ2) is 13.9. The summed E-state index contributed by atoms with van der Waals surface area (Å²) in [5.74, 6) is -0.503. The SMILES string of the molecule is CC(Sc1nnc(SC(C)C(=O)NN=Cc2ccccc2Br)s1)C(=O)NN=Cc1ccccc1Br. The van der Waals surface area contributed by atoms with Gasteiger partial charge in [0.2, 0.25) is 0 Å². The molecule has 3 rings (SSSR count). The highest BCUT2D eigenvalue weighted by Gasteiger charge is 2.20. The van der Waals surface area contributed by atoms with Gasteiger partial charge in [0.1, 0.15) is 0 Å². The van der Waals surface area contributed by atoms with Gasteiger partial charge in [0.15, 0.2) is 8.68 Å². The molecule has 2 aromatic carbocycles. The van der Waals surface area contributed by atoms with E-state index in [1.165, 1.54) is 34.9 Å². The molecule has 1 aromatic heterocycles. The fraction of sp³-hybridized carbons (Fsp3) is 0.182. The van der Waals surface area contributed by atoms with Crippen molar-refractivity contribution < 1.29 is 9.59 Å². The number of nitrogens with zero attached hydrogens (tertiary/aromatic N) is 4. The Bertz CT molecular complexity index is 1150. The molecule has 2 N–H and O–H groups in total. The van der Waals surface area contributed by atoms with Gasteiger partial charge in [0.25, 0.3) is 11.8 Å². The Morgan fingerprint density at radius 1 is 0.829 bits per heavy atom. The van der Waals surface area contributed by atoms with Crippen molar-refractivity contribution in [1.82, 2.24) is 21.0 Å². The van der Waals surface area contributed by atoms with Gasteiger partial charge in [-0.05, 0) is 26.0 Å². The molecule has 13 heteroatoms. The average molecular weight is 656 g/mol. The van der Waals surface area contributed by atoms with Crippen molar-refractivity contribution in [1.29, 1.82) is 0 Å². The molecule has 2 unspecified atom stereocenters. The molecule has 1 heterocycles. The summed E-state index contributed by atoms with van der Waals surface area (Å²) in [5, 5.41) is 15.4. The zero-order chi connectivity index (χ0) is 25.2. The lowest BCUT2D eigenvalue weighted by atomic mass is 10.2. The van der Waals surface area contributed by atoms with Gasteiger partial charge < -0.3 is 0 Å². The average Bonchev–Trinajstić information content (AvgIpc) is 3.27. The lowest BCUT2D eigenvalue weighted by Gasteiger charge is -2.07. The fourth-order valence-corrected chi connectivity index (χ4v) is 6.44. The van der Waals surface area contributed by atoms with E-state index < -0.39 is 10.5 Å². The maximum absolute atomic E-state index is 12.3. The molecule has 0 aliphatic heterocycles. The van der Waals surface area contributed by atoms with E-state index in [4.69, 9.17) is 0 Å². The van der Waals surface area contributed by atoms with Gasteiger partial charge in [-0.25, -0.2) is 10.9 Å². The van der Waals surface area contributed by atoms with Crippen LogP contribution in [0.2, 0.25) is 0 Å². The van der Waals surface area contributed by atoms with Crippen LogP contribution in [0.1, 0.15) is 25.0 Å². The first-order valence-electron chi connectivity index (χ1n) is 10.1. The largest absolute Gasteiger partial charge is 0.272 e. The summed E-state index contributed by atoms with van der Waals surface area (Å²) < 4.78 is 3.03. The predicted molar refractivity (Wildman–Crippen MR) is 150 cm³/mol. The summed E-state index contributed by atoms with van der Waals surface area (Å²) in [6.07, 6.45) is 3.16. The molecule has 35 heavy (non-hydrogen) atoms. The van der Waals surface area contributed by atoms with Gasteiger partial charge in [-0.1, -0.05) is 103 Å². The van der Waals surface area contributed by atoms with Gasteiger partial charge in [0.05, 0.1) is 22.9 Å². The molecule has 0 fully saturated rings. The Balaban J connectivity index is 1.45. The predicted octanol–water partition coefficient (Wildman–Crippen LogP) is 5.32. The minimum absolute atomic E-state index is 0.252. The number of aromatic nitrogens is 2. The van der Waals surface area contributed by atoms with Crippen LogP contribution >= 0.6 is 66.7 Å². The quantitative estimate of drug-likeness (QED) is 0.174. The Hall–Kier alpha value is -2.06. The van der Waals surface area contributed by atoms with E-state index in [2.05, 4.69) is 63.1 Å². The van der Waals surface area contributed by atoms with Gasteiger partial charge in [-0.15, -0.1) is 10.2 Å². The van der Waals surface area contributed by atoms with E-state index in [1.54, 1.807) is 26.3 Å². The highest BCUT2D eigenvalue weighted by atomic mass is 79.9. The number of nitrogens with one attached hydrogen (secondary N) is 2. The Morgan fingerprint density at radius 3 is 1.63 bits per heavy atom. The molecule has 3 aromatic rings. The van der Waals surface area contributed by atoms with Crippen molar-refractivity contribution >= 4 is 91.0 Å². The maximum atomic E-state index is 12.3. The number of hydrazone groups is 2. The molecule has 0 saturated carbocycles. The monoisotopic (exact) mass is 654 g/mol. The summed E-state index contributed by atoms with van der Waals surface area (Å²) in [7, 11) is 0. The number of rotatable bonds is 10. The first-order chi connectivity index (χ1) is 16.8. The minimum atomic E-state index is -0.426. The molecule has 0 saturated heterocycles. The van der Waals surface area contributed by atoms with E-state index in [-0.39, 0.29) is 11.8 Å². The van der Waals surface area contributed by atoms with Crippen LogP contribution in [0, 0.1) is 0 Å².